The molecule has 0 unspecified atom stereocenters. The van der Waals surface area contributed by atoms with E-state index in [4.69, 9.17) is 0 Å². The summed E-state index contributed by atoms with van der Waals surface area (Å²) in [6.45, 7) is 0. The number of hydrogen-bond acceptors (Lipinski definition) is 1. The Kier molecular flexibility index (Phi) is 2.60. The molecule has 0 spiro atoms. The molecule has 0 bridgehead atoms. The van der Waals surface area contributed by atoms with Crippen LogP contribution in [-0.2, 0) is 0 Å². The first-order valence-corrected chi connectivity index (χ1v) is 3.26. The maximum absolute atomic E-state index is 4.18. The van der Waals surface area contributed by atoms with Crippen molar-refractivity contribution in [1.82, 2.24) is 4.98 Å². The van der Waals surface area contributed by atoms with Crippen molar-refractivity contribution in [2.24, 2.45) is 0 Å². The topological polar surface area (TPSA) is 12.9 Å². The van der Waals surface area contributed by atoms with Gasteiger partial charge >= 0.3 is 0 Å². The molecule has 0 N–H and O–H groups in total. The lowest BCUT2D eigenvalue weighted by molar-refractivity contribution is 1.41. The lowest BCUT2D eigenvalue weighted by Crippen LogP contribution is -1.73. The number of halogens is 1. The maximum Gasteiger partial charge on any atom is 0.0701 e. The number of fused-ring (bicyclic) bond motifs is 1. The molecule has 2 heteroatoms. The molecule has 2 aromatic rings. The molecular weight excluding hydrogens is 202 g/mol. The number of para-hydroxylation sites is 1. The van der Waals surface area contributed by atoms with Crippen LogP contribution in [0, 0.1) is 0 Å². The van der Waals surface area contributed by atoms with E-state index in [9.17, 15) is 0 Å². The van der Waals surface area contributed by atoms with E-state index in [0.29, 0.717) is 0 Å². The summed E-state index contributed by atoms with van der Waals surface area (Å²) < 4.78 is 0. The first-order chi connectivity index (χ1) is 4.97. The van der Waals surface area contributed by atoms with Crippen LogP contribution in [-0.4, -0.2) is 4.98 Å². The van der Waals surface area contributed by atoms with Gasteiger partial charge < -0.3 is 0 Å². The predicted octanol–water partition coefficient (Wildman–Crippen LogP) is 2.81. The number of rotatable bonds is 0. The van der Waals surface area contributed by atoms with E-state index in [0.717, 1.165) is 5.52 Å². The minimum Gasteiger partial charge on any atom is -0.256 e. The Labute approximate surface area is 75.8 Å². The molecule has 0 saturated heterocycles. The zero-order valence-electron chi connectivity index (χ0n) is 5.90. The molecule has 0 fully saturated rings. The van der Waals surface area contributed by atoms with Crippen molar-refractivity contribution in [1.29, 1.82) is 0 Å². The van der Waals surface area contributed by atoms with Crippen molar-refractivity contribution in [3.05, 3.63) is 42.6 Å². The largest absolute Gasteiger partial charge is 0.256 e. The smallest absolute Gasteiger partial charge is 0.0701 e. The molecule has 1 nitrogen and oxygen atoms in total. The molecule has 1 aromatic heterocycles. The third-order valence-corrected chi connectivity index (χ3v) is 1.51. The fourth-order valence-corrected chi connectivity index (χ4v) is 1.02. The zero-order valence-corrected chi connectivity index (χ0v) is 7.61. The molecule has 1 aromatic carbocycles. The van der Waals surface area contributed by atoms with Crippen LogP contribution in [0.5, 0.6) is 0 Å². The molecule has 0 aliphatic carbocycles. The molecular formula is C9H8BrN. The molecule has 2 rings (SSSR count). The van der Waals surface area contributed by atoms with Crippen molar-refractivity contribution in [3.8, 4) is 0 Å². The molecule has 0 radical (unpaired) electrons. The second-order valence-corrected chi connectivity index (χ2v) is 2.20. The van der Waals surface area contributed by atoms with Crippen molar-refractivity contribution < 1.29 is 0 Å². The van der Waals surface area contributed by atoms with Gasteiger partial charge in [-0.2, -0.15) is 0 Å². The Balaban J connectivity index is 0.000000605. The quantitative estimate of drug-likeness (QED) is 0.651. The SMILES string of the molecule is Br.c1ccc2ncccc2c1. The van der Waals surface area contributed by atoms with E-state index in [1.165, 1.54) is 5.39 Å². The van der Waals surface area contributed by atoms with Crippen LogP contribution in [0.3, 0.4) is 0 Å². The molecule has 0 aliphatic heterocycles. The third-order valence-electron chi connectivity index (χ3n) is 1.51. The summed E-state index contributed by atoms with van der Waals surface area (Å²) in [5.74, 6) is 0. The predicted molar refractivity (Wildman–Crippen MR) is 52.1 cm³/mol. The number of nitrogens with zero attached hydrogens (tertiary/aromatic N) is 1. The van der Waals surface area contributed by atoms with Crippen LogP contribution >= 0.6 is 17.0 Å². The average molecular weight is 210 g/mol. The molecule has 1 heterocycles. The lowest BCUT2D eigenvalue weighted by atomic mass is 10.2. The highest BCUT2D eigenvalue weighted by molar-refractivity contribution is 8.93. The summed E-state index contributed by atoms with van der Waals surface area (Å²) in [5, 5.41) is 1.20. The van der Waals surface area contributed by atoms with Crippen molar-refractivity contribution in [2.75, 3.05) is 0 Å². The van der Waals surface area contributed by atoms with Gasteiger partial charge in [-0.25, -0.2) is 0 Å². The lowest BCUT2D eigenvalue weighted by Gasteiger charge is -1.91. The Hall–Kier alpha value is -0.890. The van der Waals surface area contributed by atoms with Crippen molar-refractivity contribution in [3.63, 3.8) is 0 Å². The second-order valence-electron chi connectivity index (χ2n) is 2.20. The average Bonchev–Trinajstić information content (AvgIpc) is 2.05. The van der Waals surface area contributed by atoms with Gasteiger partial charge in [-0.15, -0.1) is 17.0 Å². The van der Waals surface area contributed by atoms with Gasteiger partial charge in [0.15, 0.2) is 0 Å². The molecule has 11 heavy (non-hydrogen) atoms. The van der Waals surface area contributed by atoms with Crippen LogP contribution in [0.1, 0.15) is 0 Å². The Morgan fingerprint density at radius 3 is 2.45 bits per heavy atom. The van der Waals surface area contributed by atoms with Gasteiger partial charge in [0, 0.05) is 11.6 Å². The minimum absolute atomic E-state index is 0. The van der Waals surface area contributed by atoms with Crippen LogP contribution < -0.4 is 0 Å². The highest BCUT2D eigenvalue weighted by atomic mass is 79.9. The van der Waals surface area contributed by atoms with E-state index in [2.05, 4.69) is 17.1 Å². The molecule has 0 atom stereocenters. The van der Waals surface area contributed by atoms with Gasteiger partial charge in [-0.1, -0.05) is 24.3 Å². The summed E-state index contributed by atoms with van der Waals surface area (Å²) in [4.78, 5) is 4.18. The molecule has 0 saturated carbocycles. The minimum atomic E-state index is 0. The van der Waals surface area contributed by atoms with Crippen molar-refractivity contribution in [2.45, 2.75) is 0 Å². The number of pyridine rings is 1. The van der Waals surface area contributed by atoms with Gasteiger partial charge in [-0.05, 0) is 12.1 Å². The van der Waals surface area contributed by atoms with Crippen LogP contribution in [0.25, 0.3) is 10.9 Å². The van der Waals surface area contributed by atoms with Crippen LogP contribution in [0.4, 0.5) is 0 Å². The van der Waals surface area contributed by atoms with Gasteiger partial charge in [0.1, 0.15) is 0 Å². The van der Waals surface area contributed by atoms with Gasteiger partial charge in [0.25, 0.3) is 0 Å². The second kappa shape index (κ2) is 3.49. The normalized spacial score (nSPS) is 9.09. The first kappa shape index (κ1) is 8.21. The van der Waals surface area contributed by atoms with Crippen molar-refractivity contribution >= 4 is 27.9 Å². The molecule has 0 amide bonds. The van der Waals surface area contributed by atoms with Gasteiger partial charge in [0.05, 0.1) is 5.52 Å². The third kappa shape index (κ3) is 1.57. The Morgan fingerprint density at radius 2 is 1.64 bits per heavy atom. The summed E-state index contributed by atoms with van der Waals surface area (Å²) in [5.41, 5.74) is 1.06. The highest BCUT2D eigenvalue weighted by Crippen LogP contribution is 2.07. The fourth-order valence-electron chi connectivity index (χ4n) is 1.02. The maximum atomic E-state index is 4.18. The summed E-state index contributed by atoms with van der Waals surface area (Å²) >= 11 is 0. The first-order valence-electron chi connectivity index (χ1n) is 3.26. The number of aromatic nitrogens is 1. The van der Waals surface area contributed by atoms with E-state index in [1.54, 1.807) is 0 Å². The van der Waals surface area contributed by atoms with E-state index in [1.807, 2.05) is 30.5 Å². The summed E-state index contributed by atoms with van der Waals surface area (Å²) in [6.07, 6.45) is 1.81. The zero-order chi connectivity index (χ0) is 6.81. The Morgan fingerprint density at radius 1 is 0.909 bits per heavy atom. The summed E-state index contributed by atoms with van der Waals surface area (Å²) in [7, 11) is 0. The number of benzene rings is 1. The van der Waals surface area contributed by atoms with Gasteiger partial charge in [-0.3, -0.25) is 4.98 Å². The number of hydrogen-bond donors (Lipinski definition) is 0. The standard InChI is InChI=1S/C9H7N.BrH/c1-2-6-9-8(4-1)5-3-7-10-9;/h1-7H;1H. The van der Waals surface area contributed by atoms with E-state index >= 15 is 0 Å². The summed E-state index contributed by atoms with van der Waals surface area (Å²) in [6, 6.07) is 12.1. The van der Waals surface area contributed by atoms with E-state index in [-0.39, 0.29) is 17.0 Å². The Bertz CT molecular complexity index is 281. The van der Waals surface area contributed by atoms with Gasteiger partial charge in [0.2, 0.25) is 0 Å². The monoisotopic (exact) mass is 209 g/mol. The van der Waals surface area contributed by atoms with Crippen LogP contribution in [0.2, 0.25) is 0 Å². The highest BCUT2D eigenvalue weighted by Gasteiger charge is 1.86. The molecule has 0 aliphatic rings. The molecule has 56 valence electrons. The fraction of sp³-hybridized carbons (Fsp3) is 0. The van der Waals surface area contributed by atoms with E-state index < -0.39 is 0 Å². The van der Waals surface area contributed by atoms with Crippen LogP contribution in [0.15, 0.2) is 42.6 Å².